The number of hydrogen-bond acceptors (Lipinski definition) is 12. The molecule has 0 aliphatic rings. The lowest BCUT2D eigenvalue weighted by molar-refractivity contribution is -0.168. The Hall–Kier alpha value is -4.62. The molecule has 0 unspecified atom stereocenters. The summed E-state index contributed by atoms with van der Waals surface area (Å²) in [6.45, 7) is 2.50. The highest BCUT2D eigenvalue weighted by Crippen LogP contribution is 2.14. The van der Waals surface area contributed by atoms with Gasteiger partial charge in [-0.3, -0.25) is 19.2 Å². The molecule has 0 amide bonds. The van der Waals surface area contributed by atoms with Crippen LogP contribution >= 0.6 is 0 Å². The lowest BCUT2D eigenvalue weighted by Crippen LogP contribution is -2.39. The van der Waals surface area contributed by atoms with Gasteiger partial charge >= 0.3 is 23.9 Å². The van der Waals surface area contributed by atoms with E-state index in [0.717, 1.165) is 12.1 Å². The van der Waals surface area contributed by atoms with Crippen molar-refractivity contribution in [2.24, 2.45) is 0 Å². The van der Waals surface area contributed by atoms with Crippen molar-refractivity contribution in [1.82, 2.24) is 9.46 Å². The SMILES string of the molecule is CCOC(=O)C(=O)On1c(=O)c2cc3c(=O)n(OC(=O)C(=O)OCC)c(=O)c3cc2c1=O. The van der Waals surface area contributed by atoms with E-state index in [9.17, 15) is 38.4 Å². The molecule has 0 N–H and O–H groups in total. The molecule has 0 atom stereocenters. The third-order valence-electron chi connectivity index (χ3n) is 4.05. The number of carbonyl (C=O) groups excluding carboxylic acids is 4. The average Bonchev–Trinajstić information content (AvgIpc) is 3.13. The van der Waals surface area contributed by atoms with Crippen molar-refractivity contribution in [1.29, 1.82) is 0 Å². The molecule has 0 aliphatic carbocycles. The summed E-state index contributed by atoms with van der Waals surface area (Å²) in [5, 5.41) is -1.70. The molecule has 3 rings (SSSR count). The van der Waals surface area contributed by atoms with Gasteiger partial charge in [0.25, 0.3) is 22.2 Å². The van der Waals surface area contributed by atoms with E-state index < -0.39 is 67.7 Å². The van der Waals surface area contributed by atoms with Crippen molar-refractivity contribution >= 4 is 45.4 Å². The van der Waals surface area contributed by atoms with E-state index in [1.807, 2.05) is 0 Å². The Morgan fingerprint density at radius 2 is 0.875 bits per heavy atom. The van der Waals surface area contributed by atoms with E-state index in [-0.39, 0.29) is 22.7 Å². The second-order valence-electron chi connectivity index (χ2n) is 5.95. The molecule has 3 aromatic rings. The van der Waals surface area contributed by atoms with Crippen LogP contribution in [0.15, 0.2) is 31.3 Å². The topological polar surface area (TPSA) is 183 Å². The molecular weight excluding hydrogens is 436 g/mol. The van der Waals surface area contributed by atoms with Crippen LogP contribution < -0.4 is 31.9 Å². The predicted molar refractivity (Wildman–Crippen MR) is 101 cm³/mol. The summed E-state index contributed by atoms with van der Waals surface area (Å²) in [7, 11) is 0. The summed E-state index contributed by atoms with van der Waals surface area (Å²) in [5.41, 5.74) is -4.80. The lowest BCUT2D eigenvalue weighted by atomic mass is 10.1. The first kappa shape index (κ1) is 22.1. The van der Waals surface area contributed by atoms with Crippen LogP contribution in [0.1, 0.15) is 13.8 Å². The second kappa shape index (κ2) is 8.25. The first-order valence-corrected chi connectivity index (χ1v) is 8.86. The van der Waals surface area contributed by atoms with Gasteiger partial charge in [0.15, 0.2) is 0 Å². The van der Waals surface area contributed by atoms with E-state index in [4.69, 9.17) is 0 Å². The standard InChI is InChI=1S/C18H12N2O12/c1-3-29-15(25)17(27)31-19-11(21)7-5-9-10(6-8(7)12(19)22)14(24)20(13(9)23)32-18(28)16(26)30-4-2/h5-6H,3-4H2,1-2H3. The van der Waals surface area contributed by atoms with E-state index in [0.29, 0.717) is 0 Å². The zero-order valence-corrected chi connectivity index (χ0v) is 16.4. The van der Waals surface area contributed by atoms with Crippen LogP contribution in [-0.2, 0) is 28.7 Å². The number of hydrogen-bond donors (Lipinski definition) is 0. The summed E-state index contributed by atoms with van der Waals surface area (Å²) in [4.78, 5) is 105. The molecule has 1 aromatic carbocycles. The van der Waals surface area contributed by atoms with Crippen LogP contribution in [0.2, 0.25) is 0 Å². The van der Waals surface area contributed by atoms with Gasteiger partial charge in [0, 0.05) is 0 Å². The van der Waals surface area contributed by atoms with Crippen molar-refractivity contribution < 1.29 is 38.3 Å². The maximum Gasteiger partial charge on any atom is 0.442 e. The Kier molecular flexibility index (Phi) is 5.69. The molecule has 0 aliphatic heterocycles. The van der Waals surface area contributed by atoms with Crippen LogP contribution in [0.3, 0.4) is 0 Å². The summed E-state index contributed by atoms with van der Waals surface area (Å²) >= 11 is 0. The quantitative estimate of drug-likeness (QED) is 0.291. The van der Waals surface area contributed by atoms with Gasteiger partial charge in [0.05, 0.1) is 34.8 Å². The van der Waals surface area contributed by atoms with Gasteiger partial charge in [-0.2, -0.15) is 0 Å². The molecule has 0 saturated carbocycles. The van der Waals surface area contributed by atoms with Crippen LogP contribution in [0.5, 0.6) is 0 Å². The Bertz CT molecular complexity index is 1310. The normalized spacial score (nSPS) is 10.8. The minimum Gasteiger partial charge on any atom is -0.458 e. The van der Waals surface area contributed by atoms with Crippen molar-refractivity contribution in [3.63, 3.8) is 0 Å². The maximum absolute atomic E-state index is 12.5. The number of ether oxygens (including phenoxy) is 2. The highest BCUT2D eigenvalue weighted by molar-refractivity contribution is 6.30. The lowest BCUT2D eigenvalue weighted by Gasteiger charge is -2.01. The van der Waals surface area contributed by atoms with Crippen LogP contribution in [0.25, 0.3) is 21.5 Å². The number of benzene rings is 1. The van der Waals surface area contributed by atoms with E-state index in [2.05, 4.69) is 19.1 Å². The van der Waals surface area contributed by atoms with Gasteiger partial charge in [-0.25, -0.2) is 19.2 Å². The molecule has 0 radical (unpaired) electrons. The Morgan fingerprint density at radius 1 is 0.594 bits per heavy atom. The zero-order chi connectivity index (χ0) is 23.7. The molecule has 0 spiro atoms. The van der Waals surface area contributed by atoms with Gasteiger partial charge in [-0.1, -0.05) is 9.46 Å². The fourth-order valence-electron chi connectivity index (χ4n) is 2.72. The Labute approximate surface area is 174 Å². The largest absolute Gasteiger partial charge is 0.458 e. The number of rotatable bonds is 4. The van der Waals surface area contributed by atoms with Gasteiger partial charge in [-0.05, 0) is 26.0 Å². The molecule has 32 heavy (non-hydrogen) atoms. The number of nitrogens with zero attached hydrogens (tertiary/aromatic N) is 2. The minimum atomic E-state index is -1.64. The van der Waals surface area contributed by atoms with Crippen molar-refractivity contribution in [2.75, 3.05) is 13.2 Å². The maximum atomic E-state index is 12.5. The van der Waals surface area contributed by atoms with Crippen molar-refractivity contribution in [3.8, 4) is 0 Å². The van der Waals surface area contributed by atoms with Gasteiger partial charge in [-0.15, -0.1) is 0 Å². The van der Waals surface area contributed by atoms with Crippen LogP contribution in [0, 0.1) is 0 Å². The van der Waals surface area contributed by atoms with Crippen LogP contribution in [0.4, 0.5) is 0 Å². The van der Waals surface area contributed by atoms with Crippen LogP contribution in [-0.4, -0.2) is 46.6 Å². The monoisotopic (exact) mass is 448 g/mol. The zero-order valence-electron chi connectivity index (χ0n) is 16.4. The highest BCUT2D eigenvalue weighted by atomic mass is 16.7. The number of aromatic nitrogens is 2. The highest BCUT2D eigenvalue weighted by Gasteiger charge is 2.26. The summed E-state index contributed by atoms with van der Waals surface area (Å²) < 4.78 is 8.75. The van der Waals surface area contributed by atoms with Gasteiger partial charge < -0.3 is 19.1 Å². The Morgan fingerprint density at radius 3 is 1.12 bits per heavy atom. The van der Waals surface area contributed by atoms with E-state index in [1.54, 1.807) is 0 Å². The van der Waals surface area contributed by atoms with Crippen molar-refractivity contribution in [2.45, 2.75) is 13.8 Å². The molecular formula is C18H12N2O12. The Balaban J connectivity index is 2.11. The fourth-order valence-corrected chi connectivity index (χ4v) is 2.72. The third kappa shape index (κ3) is 3.53. The van der Waals surface area contributed by atoms with Gasteiger partial charge in [0.1, 0.15) is 0 Å². The summed E-state index contributed by atoms with van der Waals surface area (Å²) in [5.74, 6) is -6.18. The van der Waals surface area contributed by atoms with Gasteiger partial charge in [0.2, 0.25) is 0 Å². The van der Waals surface area contributed by atoms with E-state index in [1.165, 1.54) is 13.8 Å². The first-order valence-electron chi connectivity index (χ1n) is 8.86. The molecule has 0 fully saturated rings. The average molecular weight is 448 g/mol. The second-order valence-corrected chi connectivity index (χ2v) is 5.95. The molecule has 14 heteroatoms. The van der Waals surface area contributed by atoms with E-state index >= 15 is 0 Å². The fraction of sp³-hybridized carbons (Fsp3) is 0.222. The minimum absolute atomic E-state index is 0.0212. The summed E-state index contributed by atoms with van der Waals surface area (Å²) in [6.07, 6.45) is 0. The smallest absolute Gasteiger partial charge is 0.442 e. The molecule has 2 aromatic heterocycles. The summed E-state index contributed by atoms with van der Waals surface area (Å²) in [6, 6.07) is 1.70. The molecule has 14 nitrogen and oxygen atoms in total. The van der Waals surface area contributed by atoms with Crippen molar-refractivity contribution in [3.05, 3.63) is 53.5 Å². The number of fused-ring (bicyclic) bond motifs is 2. The molecule has 0 saturated heterocycles. The number of esters is 2. The third-order valence-corrected chi connectivity index (χ3v) is 4.05. The first-order chi connectivity index (χ1) is 15.1. The molecule has 0 bridgehead atoms. The number of carbonyl (C=O) groups is 4. The predicted octanol–water partition coefficient (Wildman–Crippen LogP) is -3.05. The molecule has 166 valence electrons. The molecule has 2 heterocycles.